The number of rotatable bonds is 2. The summed E-state index contributed by atoms with van der Waals surface area (Å²) in [7, 11) is 0. The number of nitrogens with zero attached hydrogens (tertiary/aromatic N) is 1. The minimum Gasteiger partial charge on any atom is -0.449 e. The zero-order chi connectivity index (χ0) is 12.0. The minimum atomic E-state index is -0.138. The van der Waals surface area contributed by atoms with E-state index in [1.165, 1.54) is 18.4 Å². The van der Waals surface area contributed by atoms with Crippen molar-refractivity contribution in [3.05, 3.63) is 11.6 Å². The van der Waals surface area contributed by atoms with E-state index in [9.17, 15) is 4.79 Å². The molecule has 1 aliphatic heterocycles. The molecular weight excluding hydrogens is 202 g/mol. The second-order valence-corrected chi connectivity index (χ2v) is 4.27. The standard InChI is InChI=1S/C11H17NO2.C2H6/c1-9-4-6-12(7-5-9)11(13)14-8-10-2-3-10;1-2/h4,10H,2-3,5-8H2,1H3;1-2H3. The third-order valence-electron chi connectivity index (χ3n) is 2.83. The molecule has 1 aliphatic carbocycles. The highest BCUT2D eigenvalue weighted by Gasteiger charge is 2.24. The SMILES string of the molecule is CC.CC1=CCN(C(=O)OCC2CC2)CC1. The molecule has 1 heterocycles. The summed E-state index contributed by atoms with van der Waals surface area (Å²) >= 11 is 0. The molecule has 1 amide bonds. The number of ether oxygens (including phenoxy) is 1. The molecule has 2 rings (SSSR count). The highest BCUT2D eigenvalue weighted by atomic mass is 16.6. The average Bonchev–Trinajstić information content (AvgIpc) is 3.13. The molecule has 0 unspecified atom stereocenters. The fraction of sp³-hybridized carbons (Fsp3) is 0.769. The van der Waals surface area contributed by atoms with Crippen molar-refractivity contribution in [1.82, 2.24) is 4.90 Å². The highest BCUT2D eigenvalue weighted by molar-refractivity contribution is 5.68. The quantitative estimate of drug-likeness (QED) is 0.675. The first-order valence-corrected chi connectivity index (χ1v) is 6.33. The van der Waals surface area contributed by atoms with Gasteiger partial charge in [-0.3, -0.25) is 0 Å². The lowest BCUT2D eigenvalue weighted by Crippen LogP contribution is -2.35. The fourth-order valence-corrected chi connectivity index (χ4v) is 1.50. The van der Waals surface area contributed by atoms with Crippen molar-refractivity contribution in [2.75, 3.05) is 19.7 Å². The van der Waals surface area contributed by atoms with Crippen LogP contribution in [-0.4, -0.2) is 30.7 Å². The van der Waals surface area contributed by atoms with Crippen molar-refractivity contribution in [2.45, 2.75) is 40.0 Å². The Bertz CT molecular complexity index is 257. The molecule has 1 saturated carbocycles. The van der Waals surface area contributed by atoms with Gasteiger partial charge in [-0.15, -0.1) is 0 Å². The maximum atomic E-state index is 11.5. The lowest BCUT2D eigenvalue weighted by Gasteiger charge is -2.24. The molecule has 0 bridgehead atoms. The molecule has 1 fully saturated rings. The van der Waals surface area contributed by atoms with Crippen molar-refractivity contribution >= 4 is 6.09 Å². The van der Waals surface area contributed by atoms with E-state index in [0.717, 1.165) is 19.5 Å². The van der Waals surface area contributed by atoms with Gasteiger partial charge in [0.2, 0.25) is 0 Å². The number of hydrogen-bond donors (Lipinski definition) is 0. The maximum absolute atomic E-state index is 11.5. The van der Waals surface area contributed by atoms with Crippen LogP contribution < -0.4 is 0 Å². The Morgan fingerprint density at radius 2 is 2.19 bits per heavy atom. The molecule has 3 heteroatoms. The normalized spacial score (nSPS) is 19.4. The van der Waals surface area contributed by atoms with Gasteiger partial charge in [0.05, 0.1) is 6.61 Å². The van der Waals surface area contributed by atoms with E-state index in [2.05, 4.69) is 13.0 Å². The van der Waals surface area contributed by atoms with Crippen molar-refractivity contribution in [2.24, 2.45) is 5.92 Å². The zero-order valence-corrected chi connectivity index (χ0v) is 10.7. The fourth-order valence-electron chi connectivity index (χ4n) is 1.50. The summed E-state index contributed by atoms with van der Waals surface area (Å²) < 4.78 is 5.20. The summed E-state index contributed by atoms with van der Waals surface area (Å²) in [5.74, 6) is 0.654. The Morgan fingerprint density at radius 3 is 2.69 bits per heavy atom. The van der Waals surface area contributed by atoms with Crippen LogP contribution in [0, 0.1) is 5.92 Å². The van der Waals surface area contributed by atoms with Gasteiger partial charge in [0.1, 0.15) is 0 Å². The van der Waals surface area contributed by atoms with E-state index in [1.807, 2.05) is 13.8 Å². The molecule has 0 saturated heterocycles. The van der Waals surface area contributed by atoms with Crippen LogP contribution in [0.25, 0.3) is 0 Å². The number of carbonyl (C=O) groups excluding carboxylic acids is 1. The van der Waals surface area contributed by atoms with E-state index in [0.29, 0.717) is 12.5 Å². The maximum Gasteiger partial charge on any atom is 0.410 e. The Morgan fingerprint density at radius 1 is 1.50 bits per heavy atom. The molecule has 0 radical (unpaired) electrons. The van der Waals surface area contributed by atoms with E-state index in [4.69, 9.17) is 4.74 Å². The second-order valence-electron chi connectivity index (χ2n) is 4.27. The van der Waals surface area contributed by atoms with E-state index in [-0.39, 0.29) is 6.09 Å². The lowest BCUT2D eigenvalue weighted by molar-refractivity contribution is 0.101. The van der Waals surface area contributed by atoms with Crippen LogP contribution in [0.1, 0.15) is 40.0 Å². The first-order valence-electron chi connectivity index (χ1n) is 6.33. The number of carbonyl (C=O) groups is 1. The average molecular weight is 225 g/mol. The van der Waals surface area contributed by atoms with Crippen LogP contribution in [-0.2, 0) is 4.74 Å². The Labute approximate surface area is 98.5 Å². The van der Waals surface area contributed by atoms with Crippen LogP contribution in [0.4, 0.5) is 4.79 Å². The first kappa shape index (κ1) is 13.1. The van der Waals surface area contributed by atoms with Crippen LogP contribution in [0.3, 0.4) is 0 Å². The molecule has 2 aliphatic rings. The molecule has 3 nitrogen and oxygen atoms in total. The molecule has 16 heavy (non-hydrogen) atoms. The predicted octanol–water partition coefficient (Wildman–Crippen LogP) is 3.21. The van der Waals surface area contributed by atoms with E-state index < -0.39 is 0 Å². The summed E-state index contributed by atoms with van der Waals surface area (Å²) in [4.78, 5) is 13.3. The van der Waals surface area contributed by atoms with Crippen molar-refractivity contribution < 1.29 is 9.53 Å². The zero-order valence-electron chi connectivity index (χ0n) is 10.7. The molecule has 0 atom stereocenters. The van der Waals surface area contributed by atoms with Gasteiger partial charge in [-0.05, 0) is 32.1 Å². The van der Waals surface area contributed by atoms with Gasteiger partial charge in [0.25, 0.3) is 0 Å². The van der Waals surface area contributed by atoms with Gasteiger partial charge in [0, 0.05) is 13.1 Å². The minimum absolute atomic E-state index is 0.138. The largest absolute Gasteiger partial charge is 0.449 e. The number of hydrogen-bond acceptors (Lipinski definition) is 2. The second kappa shape index (κ2) is 6.56. The van der Waals surface area contributed by atoms with Gasteiger partial charge >= 0.3 is 6.09 Å². The molecular formula is C13H23NO2. The Balaban J connectivity index is 0.000000606. The molecule has 92 valence electrons. The molecule has 0 N–H and O–H groups in total. The molecule has 0 aromatic carbocycles. The highest BCUT2D eigenvalue weighted by Crippen LogP contribution is 2.29. The topological polar surface area (TPSA) is 29.5 Å². The van der Waals surface area contributed by atoms with Crippen molar-refractivity contribution in [3.8, 4) is 0 Å². The summed E-state index contributed by atoms with van der Waals surface area (Å²) in [6, 6.07) is 0. The smallest absolute Gasteiger partial charge is 0.410 e. The summed E-state index contributed by atoms with van der Waals surface area (Å²) in [6.07, 6.45) is 5.40. The van der Waals surface area contributed by atoms with E-state index in [1.54, 1.807) is 4.90 Å². The van der Waals surface area contributed by atoms with Gasteiger partial charge in [-0.2, -0.15) is 0 Å². The molecule has 0 aromatic heterocycles. The molecule has 0 spiro atoms. The van der Waals surface area contributed by atoms with Crippen molar-refractivity contribution in [3.63, 3.8) is 0 Å². The third-order valence-corrected chi connectivity index (χ3v) is 2.83. The summed E-state index contributed by atoms with van der Waals surface area (Å²) in [5.41, 5.74) is 1.37. The van der Waals surface area contributed by atoms with Crippen LogP contribution >= 0.6 is 0 Å². The number of amides is 1. The monoisotopic (exact) mass is 225 g/mol. The first-order chi connectivity index (χ1) is 7.75. The van der Waals surface area contributed by atoms with Crippen LogP contribution in [0.15, 0.2) is 11.6 Å². The summed E-state index contributed by atoms with van der Waals surface area (Å²) in [5, 5.41) is 0. The van der Waals surface area contributed by atoms with Crippen LogP contribution in [0.5, 0.6) is 0 Å². The summed E-state index contributed by atoms with van der Waals surface area (Å²) in [6.45, 7) is 8.26. The molecule has 0 aromatic rings. The van der Waals surface area contributed by atoms with Gasteiger partial charge in [-0.1, -0.05) is 25.5 Å². The Hall–Kier alpha value is -0.990. The lowest BCUT2D eigenvalue weighted by atomic mass is 10.1. The van der Waals surface area contributed by atoms with Gasteiger partial charge in [0.15, 0.2) is 0 Å². The predicted molar refractivity (Wildman–Crippen MR) is 65.4 cm³/mol. The van der Waals surface area contributed by atoms with Crippen molar-refractivity contribution in [1.29, 1.82) is 0 Å². The van der Waals surface area contributed by atoms with E-state index >= 15 is 0 Å². The van der Waals surface area contributed by atoms with Crippen LogP contribution in [0.2, 0.25) is 0 Å². The van der Waals surface area contributed by atoms with Gasteiger partial charge in [-0.25, -0.2) is 4.79 Å². The van der Waals surface area contributed by atoms with Gasteiger partial charge < -0.3 is 9.64 Å². The Kier molecular flexibility index (Phi) is 5.36. The third kappa shape index (κ3) is 4.25.